The van der Waals surface area contributed by atoms with Gasteiger partial charge in [-0.1, -0.05) is 76.2 Å². The molecule has 0 heterocycles. The molecule has 0 aromatic heterocycles. The molecule has 0 saturated carbocycles. The molecule has 0 spiro atoms. The minimum Gasteiger partial charge on any atom is -0.289 e. The van der Waals surface area contributed by atoms with E-state index in [1.165, 1.54) is 0 Å². The molecule has 4 rings (SSSR count). The van der Waals surface area contributed by atoms with E-state index >= 15 is 0 Å². The minimum atomic E-state index is 0.100. The second-order valence-corrected chi connectivity index (χ2v) is 8.09. The highest BCUT2D eigenvalue weighted by atomic mass is 16.1. The topological polar surface area (TPSA) is 34.1 Å². The van der Waals surface area contributed by atoms with Gasteiger partial charge < -0.3 is 0 Å². The Hall–Kier alpha value is -3.00. The van der Waals surface area contributed by atoms with Gasteiger partial charge in [-0.25, -0.2) is 0 Å². The van der Waals surface area contributed by atoms with Crippen molar-refractivity contribution in [1.82, 2.24) is 0 Å². The molecule has 2 aromatic rings. The van der Waals surface area contributed by atoms with Crippen molar-refractivity contribution >= 4 is 22.7 Å². The van der Waals surface area contributed by atoms with Crippen molar-refractivity contribution in [3.8, 4) is 0 Å². The number of Topliss-reactive ketones (excluding diaryl/α,β-unsaturated/α-hetero) is 2. The van der Waals surface area contributed by atoms with Crippen molar-refractivity contribution in [2.45, 2.75) is 27.7 Å². The van der Waals surface area contributed by atoms with Crippen LogP contribution in [0.1, 0.15) is 59.5 Å². The molecule has 0 fully saturated rings. The molecule has 2 aromatic carbocycles. The Kier molecular flexibility index (Phi) is 4.50. The van der Waals surface area contributed by atoms with Crippen molar-refractivity contribution < 1.29 is 9.59 Å². The van der Waals surface area contributed by atoms with Gasteiger partial charge in [-0.3, -0.25) is 9.59 Å². The summed E-state index contributed by atoms with van der Waals surface area (Å²) in [5.41, 5.74) is 7.04. The first-order valence-electron chi connectivity index (χ1n) is 9.85. The third-order valence-corrected chi connectivity index (χ3v) is 5.58. The molecule has 0 bridgehead atoms. The summed E-state index contributed by atoms with van der Waals surface area (Å²) in [5, 5.41) is 0. The lowest BCUT2D eigenvalue weighted by Crippen LogP contribution is -2.18. The highest BCUT2D eigenvalue weighted by Crippen LogP contribution is 2.41. The lowest BCUT2D eigenvalue weighted by molar-refractivity contribution is 0.101. The molecule has 2 heteroatoms. The van der Waals surface area contributed by atoms with Crippen LogP contribution in [0, 0.1) is 11.8 Å². The Morgan fingerprint density at radius 3 is 1.18 bits per heavy atom. The molecular weight excluding hydrogens is 344 g/mol. The third kappa shape index (κ3) is 2.80. The molecule has 0 N–H and O–H groups in total. The van der Waals surface area contributed by atoms with E-state index in [1.54, 1.807) is 0 Å². The average molecular weight is 368 g/mol. The molecule has 2 aliphatic rings. The van der Waals surface area contributed by atoms with Crippen molar-refractivity contribution in [3.05, 3.63) is 94.1 Å². The number of rotatable bonds is 2. The summed E-state index contributed by atoms with van der Waals surface area (Å²) in [5.74, 6) is 0.460. The van der Waals surface area contributed by atoms with Gasteiger partial charge in [0.1, 0.15) is 0 Å². The van der Waals surface area contributed by atoms with E-state index in [2.05, 4.69) is 0 Å². The van der Waals surface area contributed by atoms with E-state index in [9.17, 15) is 9.59 Å². The Bertz CT molecular complexity index is 1000. The van der Waals surface area contributed by atoms with Gasteiger partial charge >= 0.3 is 0 Å². The van der Waals surface area contributed by atoms with Gasteiger partial charge in [-0.15, -0.1) is 0 Å². The Morgan fingerprint density at radius 2 is 0.857 bits per heavy atom. The summed E-state index contributed by atoms with van der Waals surface area (Å²) in [6.07, 6.45) is 4.07. The Morgan fingerprint density at radius 1 is 0.536 bits per heavy atom. The monoisotopic (exact) mass is 368 g/mol. The van der Waals surface area contributed by atoms with Crippen molar-refractivity contribution in [2.75, 3.05) is 0 Å². The van der Waals surface area contributed by atoms with Crippen LogP contribution in [0.4, 0.5) is 0 Å². The fourth-order valence-corrected chi connectivity index (χ4v) is 4.04. The number of carbonyl (C=O) groups excluding carboxylic acids is 2. The molecule has 0 radical (unpaired) electrons. The second-order valence-electron chi connectivity index (χ2n) is 8.09. The van der Waals surface area contributed by atoms with Crippen LogP contribution >= 0.6 is 0 Å². The van der Waals surface area contributed by atoms with Gasteiger partial charge in [0.2, 0.25) is 0 Å². The zero-order valence-corrected chi connectivity index (χ0v) is 16.7. The zero-order valence-electron chi connectivity index (χ0n) is 16.7. The predicted molar refractivity (Wildman–Crippen MR) is 114 cm³/mol. The number of hydrogen-bond acceptors (Lipinski definition) is 2. The maximum atomic E-state index is 13.0. The quantitative estimate of drug-likeness (QED) is 0.636. The number of ketones is 2. The lowest BCUT2D eigenvalue weighted by Gasteiger charge is -2.26. The highest BCUT2D eigenvalue weighted by Gasteiger charge is 2.30. The maximum absolute atomic E-state index is 13.0. The first-order valence-corrected chi connectivity index (χ1v) is 9.85. The van der Waals surface area contributed by atoms with E-state index in [4.69, 9.17) is 0 Å². The Balaban J connectivity index is 2.10. The maximum Gasteiger partial charge on any atom is 0.189 e. The molecule has 0 aliphatic heterocycles. The molecule has 0 atom stereocenters. The smallest absolute Gasteiger partial charge is 0.189 e. The van der Waals surface area contributed by atoms with E-state index in [0.29, 0.717) is 0 Å². The SMILES string of the molecule is CC(C)C1=CC(=C2C=C(C(C)C)C(=O)c3ccccc32)c2ccccc2C1=O. The molecule has 0 unspecified atom stereocenters. The minimum absolute atomic E-state index is 0.100. The standard InChI is InChI=1S/C26H24O2/c1-15(2)21-13-23(17-9-5-7-11-19(17)25(21)27)24-14-22(16(3)4)26(28)20-12-8-6-10-18(20)24/h5-16H,1-4H3. The fourth-order valence-electron chi connectivity index (χ4n) is 4.04. The van der Waals surface area contributed by atoms with Gasteiger partial charge in [0, 0.05) is 22.3 Å². The molecule has 0 amide bonds. The predicted octanol–water partition coefficient (Wildman–Crippen LogP) is 6.15. The molecule has 2 nitrogen and oxygen atoms in total. The van der Waals surface area contributed by atoms with Crippen molar-refractivity contribution in [3.63, 3.8) is 0 Å². The van der Waals surface area contributed by atoms with Crippen LogP contribution < -0.4 is 0 Å². The summed E-state index contributed by atoms with van der Waals surface area (Å²) in [7, 11) is 0. The normalized spacial score (nSPS) is 18.8. The summed E-state index contributed by atoms with van der Waals surface area (Å²) < 4.78 is 0. The zero-order chi connectivity index (χ0) is 20.0. The number of allylic oxidation sites excluding steroid dienone is 6. The number of fused-ring (bicyclic) bond motifs is 2. The van der Waals surface area contributed by atoms with E-state index in [0.717, 1.165) is 44.5 Å². The summed E-state index contributed by atoms with van der Waals surface area (Å²) in [4.78, 5) is 26.0. The van der Waals surface area contributed by atoms with Gasteiger partial charge in [0.25, 0.3) is 0 Å². The van der Waals surface area contributed by atoms with Crippen LogP contribution in [0.25, 0.3) is 11.1 Å². The summed E-state index contributed by atoms with van der Waals surface area (Å²) >= 11 is 0. The number of carbonyl (C=O) groups is 2. The summed E-state index contributed by atoms with van der Waals surface area (Å²) in [6.45, 7) is 8.20. The van der Waals surface area contributed by atoms with Gasteiger partial charge in [-0.05, 0) is 46.3 Å². The first kappa shape index (κ1) is 18.4. The highest BCUT2D eigenvalue weighted by molar-refractivity contribution is 6.23. The van der Waals surface area contributed by atoms with Gasteiger partial charge in [0.05, 0.1) is 0 Å². The van der Waals surface area contributed by atoms with Crippen LogP contribution in [0.2, 0.25) is 0 Å². The Labute approximate surface area is 166 Å². The molecular formula is C26H24O2. The summed E-state index contributed by atoms with van der Waals surface area (Å²) in [6, 6.07) is 15.6. The molecule has 2 aliphatic carbocycles. The van der Waals surface area contributed by atoms with Crippen LogP contribution in [0.15, 0.2) is 71.8 Å². The fraction of sp³-hybridized carbons (Fsp3) is 0.231. The third-order valence-electron chi connectivity index (χ3n) is 5.58. The number of benzene rings is 2. The van der Waals surface area contributed by atoms with Crippen molar-refractivity contribution in [2.24, 2.45) is 11.8 Å². The number of hydrogen-bond donors (Lipinski definition) is 0. The average Bonchev–Trinajstić information content (AvgIpc) is 2.69. The van der Waals surface area contributed by atoms with Crippen LogP contribution in [-0.2, 0) is 0 Å². The van der Waals surface area contributed by atoms with Crippen LogP contribution in [-0.4, -0.2) is 11.6 Å². The van der Waals surface area contributed by atoms with Crippen LogP contribution in [0.3, 0.4) is 0 Å². The van der Waals surface area contributed by atoms with Crippen molar-refractivity contribution in [1.29, 1.82) is 0 Å². The molecule has 140 valence electrons. The van der Waals surface area contributed by atoms with E-state index in [-0.39, 0.29) is 23.4 Å². The van der Waals surface area contributed by atoms with Gasteiger partial charge in [0.15, 0.2) is 11.6 Å². The largest absolute Gasteiger partial charge is 0.289 e. The van der Waals surface area contributed by atoms with Gasteiger partial charge in [-0.2, -0.15) is 0 Å². The van der Waals surface area contributed by atoms with E-state index in [1.807, 2.05) is 88.4 Å². The first-order chi connectivity index (χ1) is 13.4. The molecule has 0 saturated heterocycles. The van der Waals surface area contributed by atoms with E-state index < -0.39 is 0 Å². The second kappa shape index (κ2) is 6.87. The lowest BCUT2D eigenvalue weighted by atomic mass is 9.76. The molecule has 28 heavy (non-hydrogen) atoms. The van der Waals surface area contributed by atoms with Crippen LogP contribution in [0.5, 0.6) is 0 Å².